The number of benzene rings is 2. The Bertz CT molecular complexity index is 709. The van der Waals surface area contributed by atoms with Crippen LogP contribution in [-0.2, 0) is 0 Å². The van der Waals surface area contributed by atoms with Gasteiger partial charge in [-0.25, -0.2) is 9.18 Å². The van der Waals surface area contributed by atoms with E-state index in [2.05, 4.69) is 5.32 Å². The van der Waals surface area contributed by atoms with Crippen molar-refractivity contribution in [3.63, 3.8) is 0 Å². The predicted octanol–water partition coefficient (Wildman–Crippen LogP) is 3.61. The summed E-state index contributed by atoms with van der Waals surface area (Å²) in [6.07, 6.45) is 0.857. The number of nitrogens with one attached hydrogen (secondary N) is 1. The van der Waals surface area contributed by atoms with Gasteiger partial charge in [-0.2, -0.15) is 0 Å². The minimum Gasteiger partial charge on any atom is -0.455 e. The average Bonchev–Trinajstić information content (AvgIpc) is 2.59. The maximum Gasteiger partial charge on any atom is 0.322 e. The van der Waals surface area contributed by atoms with E-state index in [1.165, 1.54) is 17.0 Å². The van der Waals surface area contributed by atoms with Gasteiger partial charge in [0, 0.05) is 13.1 Å². The molecule has 0 aliphatic carbocycles. The number of likely N-dealkylation sites (tertiary alicyclic amines) is 1. The number of aliphatic hydroxyl groups is 1. The summed E-state index contributed by atoms with van der Waals surface area (Å²) in [7, 11) is 0. The summed E-state index contributed by atoms with van der Waals surface area (Å²) in [5.41, 5.74) is -0.00795. The van der Waals surface area contributed by atoms with Gasteiger partial charge in [0.1, 0.15) is 11.4 Å². The first-order valence-corrected chi connectivity index (χ1v) is 7.89. The fourth-order valence-corrected chi connectivity index (χ4v) is 2.65. The van der Waals surface area contributed by atoms with Gasteiger partial charge in [-0.15, -0.1) is 0 Å². The van der Waals surface area contributed by atoms with Crippen LogP contribution in [0, 0.1) is 5.82 Å². The number of amides is 2. The fraction of sp³-hybridized carbons (Fsp3) is 0.278. The molecule has 1 fully saturated rings. The van der Waals surface area contributed by atoms with Crippen LogP contribution in [0.3, 0.4) is 0 Å². The summed E-state index contributed by atoms with van der Waals surface area (Å²) in [5, 5.41) is 12.2. The zero-order valence-corrected chi connectivity index (χ0v) is 13.1. The number of halogens is 1. The van der Waals surface area contributed by atoms with Gasteiger partial charge in [0.25, 0.3) is 0 Å². The maximum atomic E-state index is 14.2. The Labute approximate surface area is 139 Å². The van der Waals surface area contributed by atoms with Crippen molar-refractivity contribution in [2.45, 2.75) is 18.9 Å². The molecule has 0 bridgehead atoms. The molecule has 3 rings (SSSR count). The van der Waals surface area contributed by atoms with Crippen molar-refractivity contribution in [1.82, 2.24) is 4.90 Å². The molecule has 0 saturated carbocycles. The minimum absolute atomic E-state index is 0.00795. The Hall–Kier alpha value is -2.60. The number of rotatable bonds is 3. The number of carbonyl (C=O) groups is 1. The number of piperidine rings is 1. The molecule has 1 saturated heterocycles. The van der Waals surface area contributed by atoms with E-state index in [1.807, 2.05) is 18.2 Å². The second kappa shape index (κ2) is 7.31. The van der Waals surface area contributed by atoms with E-state index in [-0.39, 0.29) is 18.0 Å². The van der Waals surface area contributed by atoms with Crippen molar-refractivity contribution in [2.24, 2.45) is 0 Å². The van der Waals surface area contributed by atoms with Crippen LogP contribution in [0.25, 0.3) is 0 Å². The van der Waals surface area contributed by atoms with E-state index in [0.717, 1.165) is 6.42 Å². The van der Waals surface area contributed by atoms with E-state index < -0.39 is 18.0 Å². The van der Waals surface area contributed by atoms with Crippen molar-refractivity contribution >= 4 is 11.7 Å². The van der Waals surface area contributed by atoms with E-state index in [4.69, 9.17) is 4.74 Å². The highest BCUT2D eigenvalue weighted by atomic mass is 19.1. The molecule has 2 N–H and O–H groups in total. The third-order valence-corrected chi connectivity index (χ3v) is 3.86. The first-order chi connectivity index (χ1) is 11.6. The highest BCUT2D eigenvalue weighted by molar-refractivity contribution is 5.91. The molecule has 1 aliphatic heterocycles. The number of para-hydroxylation sites is 2. The molecule has 2 amide bonds. The van der Waals surface area contributed by atoms with Gasteiger partial charge in [0.05, 0.1) is 6.10 Å². The number of carbonyl (C=O) groups excluding carboxylic acids is 1. The number of aliphatic hydroxyl groups excluding tert-OH is 1. The predicted molar refractivity (Wildman–Crippen MR) is 88.7 cm³/mol. The molecule has 6 heteroatoms. The second-order valence-electron chi connectivity index (χ2n) is 5.70. The summed E-state index contributed by atoms with van der Waals surface area (Å²) < 4.78 is 19.9. The first kappa shape index (κ1) is 16.3. The van der Waals surface area contributed by atoms with Gasteiger partial charge < -0.3 is 20.1 Å². The van der Waals surface area contributed by atoms with Crippen molar-refractivity contribution in [3.05, 3.63) is 54.3 Å². The number of β-amino-alcohol motifs (C(OH)–C–C–N with tert-alkyl or cyclic N) is 1. The van der Waals surface area contributed by atoms with E-state index in [0.29, 0.717) is 18.7 Å². The summed E-state index contributed by atoms with van der Waals surface area (Å²) in [6, 6.07) is 12.9. The topological polar surface area (TPSA) is 61.8 Å². The van der Waals surface area contributed by atoms with E-state index >= 15 is 0 Å². The lowest BCUT2D eigenvalue weighted by Crippen LogP contribution is -2.44. The quantitative estimate of drug-likeness (QED) is 0.904. The molecule has 126 valence electrons. The first-order valence-electron chi connectivity index (χ1n) is 7.89. The third-order valence-electron chi connectivity index (χ3n) is 3.86. The molecular formula is C18H19FN2O3. The number of hydrogen-bond donors (Lipinski definition) is 2. The standard InChI is InChI=1S/C18H19FN2O3/c19-15-9-4-10-16(24-14-7-2-1-3-8-14)17(15)20-18(23)21-11-5-6-13(22)12-21/h1-4,7-10,13,22H,5-6,11-12H2,(H,20,23). The van der Waals surface area contributed by atoms with Gasteiger partial charge in [0.2, 0.25) is 0 Å². The molecule has 1 atom stereocenters. The maximum absolute atomic E-state index is 14.2. The number of nitrogens with zero attached hydrogens (tertiary/aromatic N) is 1. The van der Waals surface area contributed by atoms with E-state index in [9.17, 15) is 14.3 Å². The Morgan fingerprint density at radius 2 is 2.00 bits per heavy atom. The lowest BCUT2D eigenvalue weighted by atomic mass is 10.1. The molecule has 2 aromatic carbocycles. The fourth-order valence-electron chi connectivity index (χ4n) is 2.65. The molecule has 0 spiro atoms. The van der Waals surface area contributed by atoms with Crippen LogP contribution in [0.4, 0.5) is 14.9 Å². The van der Waals surface area contributed by atoms with Crippen molar-refractivity contribution in [2.75, 3.05) is 18.4 Å². The number of anilines is 1. The van der Waals surface area contributed by atoms with Crippen LogP contribution in [0.2, 0.25) is 0 Å². The lowest BCUT2D eigenvalue weighted by molar-refractivity contribution is 0.0883. The highest BCUT2D eigenvalue weighted by Gasteiger charge is 2.24. The van der Waals surface area contributed by atoms with Crippen LogP contribution < -0.4 is 10.1 Å². The normalized spacial score (nSPS) is 17.4. The van der Waals surface area contributed by atoms with Gasteiger partial charge in [-0.05, 0) is 37.1 Å². The summed E-state index contributed by atoms with van der Waals surface area (Å²) in [5.74, 6) is 0.202. The summed E-state index contributed by atoms with van der Waals surface area (Å²) in [6.45, 7) is 0.779. The average molecular weight is 330 g/mol. The number of hydrogen-bond acceptors (Lipinski definition) is 3. The number of ether oxygens (including phenoxy) is 1. The highest BCUT2D eigenvalue weighted by Crippen LogP contribution is 2.32. The molecule has 24 heavy (non-hydrogen) atoms. The van der Waals surface area contributed by atoms with Crippen LogP contribution in [0.15, 0.2) is 48.5 Å². The Balaban J connectivity index is 1.78. The van der Waals surface area contributed by atoms with Crippen molar-refractivity contribution in [1.29, 1.82) is 0 Å². The smallest absolute Gasteiger partial charge is 0.322 e. The minimum atomic E-state index is -0.575. The molecule has 5 nitrogen and oxygen atoms in total. The SMILES string of the molecule is O=C(Nc1c(F)cccc1Oc1ccccc1)N1CCCC(O)C1. The Kier molecular flexibility index (Phi) is 4.96. The number of urea groups is 1. The molecule has 2 aromatic rings. The van der Waals surface area contributed by atoms with Gasteiger partial charge in [-0.3, -0.25) is 0 Å². The molecule has 0 radical (unpaired) electrons. The van der Waals surface area contributed by atoms with Gasteiger partial charge >= 0.3 is 6.03 Å². The van der Waals surface area contributed by atoms with Crippen LogP contribution in [0.1, 0.15) is 12.8 Å². The van der Waals surface area contributed by atoms with Crippen LogP contribution in [0.5, 0.6) is 11.5 Å². The molecule has 0 aromatic heterocycles. The third kappa shape index (κ3) is 3.83. The Morgan fingerprint density at radius 1 is 1.21 bits per heavy atom. The summed E-state index contributed by atoms with van der Waals surface area (Å²) in [4.78, 5) is 13.8. The van der Waals surface area contributed by atoms with Crippen molar-refractivity contribution < 1.29 is 19.0 Å². The molecule has 1 heterocycles. The van der Waals surface area contributed by atoms with E-state index in [1.54, 1.807) is 18.2 Å². The largest absolute Gasteiger partial charge is 0.455 e. The Morgan fingerprint density at radius 3 is 2.75 bits per heavy atom. The lowest BCUT2D eigenvalue weighted by Gasteiger charge is -2.30. The monoisotopic (exact) mass is 330 g/mol. The zero-order valence-electron chi connectivity index (χ0n) is 13.1. The van der Waals surface area contributed by atoms with Crippen LogP contribution in [-0.4, -0.2) is 35.2 Å². The second-order valence-corrected chi connectivity index (χ2v) is 5.70. The van der Waals surface area contributed by atoms with Crippen molar-refractivity contribution in [3.8, 4) is 11.5 Å². The molecule has 1 unspecified atom stereocenters. The van der Waals surface area contributed by atoms with Gasteiger partial charge in [0.15, 0.2) is 11.6 Å². The summed E-state index contributed by atoms with van der Waals surface area (Å²) >= 11 is 0. The van der Waals surface area contributed by atoms with Gasteiger partial charge in [-0.1, -0.05) is 24.3 Å². The molecular weight excluding hydrogens is 311 g/mol. The molecule has 1 aliphatic rings. The van der Waals surface area contributed by atoms with Crippen LogP contribution >= 0.6 is 0 Å². The zero-order chi connectivity index (χ0) is 16.9.